The average molecular weight is 430 g/mol. The van der Waals surface area contributed by atoms with Gasteiger partial charge in [-0.05, 0) is 49.2 Å². The van der Waals surface area contributed by atoms with Crippen molar-refractivity contribution in [3.63, 3.8) is 0 Å². The molecule has 3 aromatic rings. The number of fused-ring (bicyclic) bond motifs is 3. The highest BCUT2D eigenvalue weighted by molar-refractivity contribution is 5.70. The van der Waals surface area contributed by atoms with Gasteiger partial charge in [-0.2, -0.15) is 0 Å². The van der Waals surface area contributed by atoms with Crippen molar-refractivity contribution in [3.05, 3.63) is 58.5 Å². The van der Waals surface area contributed by atoms with E-state index >= 15 is 0 Å². The van der Waals surface area contributed by atoms with Crippen LogP contribution in [0, 0.1) is 6.92 Å². The molecule has 6 rings (SSSR count). The third kappa shape index (κ3) is 3.40. The molecule has 0 fully saturated rings. The van der Waals surface area contributed by atoms with Crippen LogP contribution in [0.1, 0.15) is 27.9 Å². The van der Waals surface area contributed by atoms with Gasteiger partial charge >= 0.3 is 0 Å². The van der Waals surface area contributed by atoms with Gasteiger partial charge in [0.2, 0.25) is 11.8 Å². The molecule has 0 amide bonds. The first-order valence-corrected chi connectivity index (χ1v) is 11.2. The van der Waals surface area contributed by atoms with Crippen molar-refractivity contribution < 1.29 is 4.74 Å². The Morgan fingerprint density at radius 2 is 1.97 bits per heavy atom. The average Bonchev–Trinajstić information content (AvgIpc) is 3.18. The Balaban J connectivity index is 1.24. The molecular weight excluding hydrogens is 402 g/mol. The number of rotatable bonds is 3. The molecule has 3 aliphatic rings. The van der Waals surface area contributed by atoms with Crippen LogP contribution in [0.15, 0.2) is 30.6 Å². The maximum Gasteiger partial charge on any atom is 0.237 e. The van der Waals surface area contributed by atoms with Crippen molar-refractivity contribution in [2.24, 2.45) is 0 Å². The summed E-state index contributed by atoms with van der Waals surface area (Å²) in [5, 5.41) is 6.84. The fraction of sp³-hybridized carbons (Fsp3) is 0.375. The van der Waals surface area contributed by atoms with E-state index in [0.29, 0.717) is 18.4 Å². The molecule has 0 radical (unpaired) electrons. The lowest BCUT2D eigenvalue weighted by Gasteiger charge is -2.32. The Morgan fingerprint density at radius 1 is 1.06 bits per heavy atom. The molecular formula is C24H27N7O. The molecule has 1 aromatic carbocycles. The van der Waals surface area contributed by atoms with Gasteiger partial charge in [-0.3, -0.25) is 4.90 Å². The second kappa shape index (κ2) is 7.63. The molecule has 0 spiro atoms. The summed E-state index contributed by atoms with van der Waals surface area (Å²) in [7, 11) is 2.15. The van der Waals surface area contributed by atoms with Gasteiger partial charge in [-0.25, -0.2) is 15.0 Å². The molecule has 0 saturated carbocycles. The fourth-order valence-electron chi connectivity index (χ4n) is 4.87. The zero-order chi connectivity index (χ0) is 21.7. The number of aromatic nitrogens is 3. The Kier molecular flexibility index (Phi) is 4.61. The van der Waals surface area contributed by atoms with E-state index in [9.17, 15) is 0 Å². The van der Waals surface area contributed by atoms with E-state index in [-0.39, 0.29) is 0 Å². The number of anilines is 4. The van der Waals surface area contributed by atoms with Crippen LogP contribution in [-0.2, 0) is 26.1 Å². The fourth-order valence-corrected chi connectivity index (χ4v) is 4.87. The smallest absolute Gasteiger partial charge is 0.237 e. The molecule has 2 N–H and O–H groups in total. The predicted octanol–water partition coefficient (Wildman–Crippen LogP) is 3.24. The van der Waals surface area contributed by atoms with E-state index in [1.165, 1.54) is 22.3 Å². The zero-order valence-corrected chi connectivity index (χ0v) is 18.5. The van der Waals surface area contributed by atoms with Gasteiger partial charge in [-0.15, -0.1) is 0 Å². The summed E-state index contributed by atoms with van der Waals surface area (Å²) in [6.45, 7) is 7.25. The number of nitrogens with one attached hydrogen (secondary N) is 2. The molecule has 32 heavy (non-hydrogen) atoms. The lowest BCUT2D eigenvalue weighted by Crippen LogP contribution is -2.32. The van der Waals surface area contributed by atoms with Crippen LogP contribution in [0.5, 0.6) is 5.88 Å². The van der Waals surface area contributed by atoms with Gasteiger partial charge in [0.25, 0.3) is 0 Å². The van der Waals surface area contributed by atoms with E-state index in [2.05, 4.69) is 62.6 Å². The van der Waals surface area contributed by atoms with Crippen LogP contribution in [0.4, 0.5) is 23.0 Å². The monoisotopic (exact) mass is 429 g/mol. The minimum absolute atomic E-state index is 0.646. The first kappa shape index (κ1) is 19.3. The lowest BCUT2D eigenvalue weighted by atomic mass is 10.0. The molecule has 0 bridgehead atoms. The number of hydrogen-bond donors (Lipinski definition) is 2. The summed E-state index contributed by atoms with van der Waals surface area (Å²) in [6, 6.07) is 6.53. The third-order valence-corrected chi connectivity index (χ3v) is 6.55. The molecule has 8 heteroatoms. The minimum Gasteiger partial charge on any atom is -0.474 e. The van der Waals surface area contributed by atoms with E-state index < -0.39 is 0 Å². The van der Waals surface area contributed by atoms with Gasteiger partial charge in [0, 0.05) is 43.6 Å². The molecule has 164 valence electrons. The Morgan fingerprint density at radius 3 is 2.91 bits per heavy atom. The first-order chi connectivity index (χ1) is 15.6. The summed E-state index contributed by atoms with van der Waals surface area (Å²) in [5.74, 6) is 1.34. The number of pyridine rings is 1. The Bertz CT molecular complexity index is 1200. The first-order valence-electron chi connectivity index (χ1n) is 11.2. The maximum atomic E-state index is 5.69. The summed E-state index contributed by atoms with van der Waals surface area (Å²) in [6.07, 6.45) is 4.81. The molecule has 2 aromatic heterocycles. The van der Waals surface area contributed by atoms with E-state index in [1.807, 2.05) is 12.4 Å². The van der Waals surface area contributed by atoms with Crippen molar-refractivity contribution in [1.82, 2.24) is 19.9 Å². The molecule has 0 atom stereocenters. The highest BCUT2D eigenvalue weighted by Crippen LogP contribution is 2.36. The summed E-state index contributed by atoms with van der Waals surface area (Å²) in [4.78, 5) is 18.7. The van der Waals surface area contributed by atoms with Gasteiger partial charge in [0.15, 0.2) is 0 Å². The van der Waals surface area contributed by atoms with E-state index in [1.54, 1.807) is 0 Å². The maximum absolute atomic E-state index is 5.69. The highest BCUT2D eigenvalue weighted by Gasteiger charge is 2.24. The summed E-state index contributed by atoms with van der Waals surface area (Å²) < 4.78 is 5.69. The number of benzene rings is 1. The second-order valence-electron chi connectivity index (χ2n) is 8.84. The van der Waals surface area contributed by atoms with Crippen LogP contribution in [0.3, 0.4) is 0 Å². The molecule has 0 aliphatic carbocycles. The number of nitrogens with zero attached hydrogens (tertiary/aromatic N) is 5. The quantitative estimate of drug-likeness (QED) is 0.657. The standard InChI is InChI=1S/C24H27N7O/c1-15-21(11-26-23-22(15)25-6-8-32-23)31-7-5-16-10-27-24(29-20(16)14-31)28-19-4-3-17-12-30(2)13-18(17)9-19/h3-4,9-11,25H,5-8,12-14H2,1-2H3,(H,27,28,29). The van der Waals surface area contributed by atoms with E-state index in [0.717, 1.165) is 61.9 Å². The molecule has 8 nitrogen and oxygen atoms in total. The highest BCUT2D eigenvalue weighted by atomic mass is 16.5. The lowest BCUT2D eigenvalue weighted by molar-refractivity contribution is 0.310. The minimum atomic E-state index is 0.646. The van der Waals surface area contributed by atoms with Crippen molar-refractivity contribution >= 4 is 23.0 Å². The van der Waals surface area contributed by atoms with E-state index in [4.69, 9.17) is 9.72 Å². The van der Waals surface area contributed by atoms with Gasteiger partial charge in [-0.1, -0.05) is 6.07 Å². The van der Waals surface area contributed by atoms with Crippen molar-refractivity contribution in [2.45, 2.75) is 33.0 Å². The van der Waals surface area contributed by atoms with Crippen LogP contribution >= 0.6 is 0 Å². The van der Waals surface area contributed by atoms with Crippen LogP contribution in [0.25, 0.3) is 0 Å². The summed E-state index contributed by atoms with van der Waals surface area (Å²) >= 11 is 0. The molecule has 3 aliphatic heterocycles. The SMILES string of the molecule is Cc1c(N2CCc3cnc(Nc4ccc5c(c4)CN(C)C5)nc3C2)cnc2c1NCCO2. The second-order valence-corrected chi connectivity index (χ2v) is 8.84. The normalized spacial score (nSPS) is 17.1. The van der Waals surface area contributed by atoms with Crippen molar-refractivity contribution in [3.8, 4) is 5.88 Å². The Hall–Kier alpha value is -3.39. The summed E-state index contributed by atoms with van der Waals surface area (Å²) in [5.41, 5.74) is 9.39. The van der Waals surface area contributed by atoms with Crippen molar-refractivity contribution in [2.75, 3.05) is 42.3 Å². The number of ether oxygens (including phenoxy) is 1. The zero-order valence-electron chi connectivity index (χ0n) is 18.5. The predicted molar refractivity (Wildman–Crippen MR) is 125 cm³/mol. The van der Waals surface area contributed by atoms with Gasteiger partial charge in [0.1, 0.15) is 12.3 Å². The van der Waals surface area contributed by atoms with Gasteiger partial charge < -0.3 is 20.3 Å². The topological polar surface area (TPSA) is 78.4 Å². The molecule has 0 unspecified atom stereocenters. The van der Waals surface area contributed by atoms with Crippen LogP contribution in [0.2, 0.25) is 0 Å². The Labute approximate surface area is 187 Å². The molecule has 0 saturated heterocycles. The van der Waals surface area contributed by atoms with Crippen LogP contribution < -0.4 is 20.3 Å². The molecule has 5 heterocycles. The largest absolute Gasteiger partial charge is 0.474 e. The van der Waals surface area contributed by atoms with Gasteiger partial charge in [0.05, 0.1) is 24.1 Å². The number of hydrogen-bond acceptors (Lipinski definition) is 8. The van der Waals surface area contributed by atoms with Crippen molar-refractivity contribution in [1.29, 1.82) is 0 Å². The third-order valence-electron chi connectivity index (χ3n) is 6.55. The van der Waals surface area contributed by atoms with Crippen LogP contribution in [-0.4, -0.2) is 46.6 Å².